The molecule has 4 heteroatoms. The second kappa shape index (κ2) is 6.02. The molecule has 0 atom stereocenters. The van der Waals surface area contributed by atoms with Gasteiger partial charge in [-0.25, -0.2) is 4.98 Å². The van der Waals surface area contributed by atoms with Crippen molar-refractivity contribution < 1.29 is 14.6 Å². The fourth-order valence-electron chi connectivity index (χ4n) is 1.54. The lowest BCUT2D eigenvalue weighted by Crippen LogP contribution is -1.96. The number of hydrogen-bond acceptors (Lipinski definition) is 4. The number of nitrogens with zero attached hydrogens (tertiary/aromatic N) is 1. The number of hydrogen-bond donors (Lipinski definition) is 1. The van der Waals surface area contributed by atoms with Gasteiger partial charge in [0.25, 0.3) is 5.88 Å². The summed E-state index contributed by atoms with van der Waals surface area (Å²) < 4.78 is 11.1. The van der Waals surface area contributed by atoms with Crippen LogP contribution in [0.15, 0.2) is 42.6 Å². The van der Waals surface area contributed by atoms with Crippen LogP contribution in [0.2, 0.25) is 0 Å². The van der Waals surface area contributed by atoms with Gasteiger partial charge in [-0.15, -0.1) is 0 Å². The Labute approximate surface area is 106 Å². The average Bonchev–Trinajstić information content (AvgIpc) is 2.41. The van der Waals surface area contributed by atoms with Crippen LogP contribution >= 0.6 is 0 Å². The minimum atomic E-state index is -0.0161. The molecular formula is C14H15NO3. The summed E-state index contributed by atoms with van der Waals surface area (Å²) in [6.45, 7) is 2.44. The predicted molar refractivity (Wildman–Crippen MR) is 67.8 cm³/mol. The first-order valence-corrected chi connectivity index (χ1v) is 5.79. The standard InChI is InChI=1S/C14H15NO3/c1-2-17-13-7-4-8-15-14(13)18-12-6-3-5-11(9-12)10-16/h3-9,16H,2,10H2,1H3. The van der Waals surface area contributed by atoms with Crippen molar-refractivity contribution in [2.75, 3.05) is 6.61 Å². The van der Waals surface area contributed by atoms with Gasteiger partial charge in [0, 0.05) is 6.20 Å². The fraction of sp³-hybridized carbons (Fsp3) is 0.214. The summed E-state index contributed by atoms with van der Waals surface area (Å²) in [5.41, 5.74) is 0.793. The third-order valence-electron chi connectivity index (χ3n) is 2.33. The van der Waals surface area contributed by atoms with Gasteiger partial charge in [0.15, 0.2) is 5.75 Å². The highest BCUT2D eigenvalue weighted by Crippen LogP contribution is 2.29. The molecule has 0 aliphatic rings. The smallest absolute Gasteiger partial charge is 0.262 e. The van der Waals surface area contributed by atoms with Gasteiger partial charge in [0.05, 0.1) is 13.2 Å². The van der Waals surface area contributed by atoms with Crippen molar-refractivity contribution >= 4 is 0 Å². The van der Waals surface area contributed by atoms with E-state index in [1.165, 1.54) is 0 Å². The van der Waals surface area contributed by atoms with Crippen LogP contribution in [0.25, 0.3) is 0 Å². The van der Waals surface area contributed by atoms with Crippen LogP contribution in [0.3, 0.4) is 0 Å². The summed E-state index contributed by atoms with van der Waals surface area (Å²) in [5.74, 6) is 1.66. The molecule has 1 heterocycles. The molecule has 2 rings (SSSR count). The van der Waals surface area contributed by atoms with Crippen LogP contribution in [0.4, 0.5) is 0 Å². The van der Waals surface area contributed by atoms with E-state index in [-0.39, 0.29) is 6.61 Å². The van der Waals surface area contributed by atoms with Crippen LogP contribution in [0, 0.1) is 0 Å². The van der Waals surface area contributed by atoms with Gasteiger partial charge < -0.3 is 14.6 Å². The molecule has 18 heavy (non-hydrogen) atoms. The second-order valence-corrected chi connectivity index (χ2v) is 3.65. The highest BCUT2D eigenvalue weighted by molar-refractivity contribution is 5.38. The van der Waals surface area contributed by atoms with Gasteiger partial charge in [0.1, 0.15) is 5.75 Å². The minimum absolute atomic E-state index is 0.0161. The Bertz CT molecular complexity index is 514. The number of pyridine rings is 1. The molecule has 0 spiro atoms. The van der Waals surface area contributed by atoms with Gasteiger partial charge in [-0.05, 0) is 36.8 Å². The molecule has 0 aliphatic heterocycles. The minimum Gasteiger partial charge on any atom is -0.488 e. The van der Waals surface area contributed by atoms with Gasteiger partial charge >= 0.3 is 0 Å². The van der Waals surface area contributed by atoms with Crippen LogP contribution in [0.1, 0.15) is 12.5 Å². The Kier molecular flexibility index (Phi) is 4.15. The van der Waals surface area contributed by atoms with Crippen molar-refractivity contribution in [1.82, 2.24) is 4.98 Å². The van der Waals surface area contributed by atoms with E-state index in [4.69, 9.17) is 14.6 Å². The summed E-state index contributed by atoms with van der Waals surface area (Å²) in [6.07, 6.45) is 1.65. The fourth-order valence-corrected chi connectivity index (χ4v) is 1.54. The van der Waals surface area contributed by atoms with Gasteiger partial charge in [0.2, 0.25) is 0 Å². The van der Waals surface area contributed by atoms with Crippen molar-refractivity contribution in [3.8, 4) is 17.4 Å². The molecule has 0 fully saturated rings. The summed E-state index contributed by atoms with van der Waals surface area (Å²) in [4.78, 5) is 4.14. The van der Waals surface area contributed by atoms with Gasteiger partial charge in [-0.3, -0.25) is 0 Å². The molecule has 0 bridgehead atoms. The Morgan fingerprint density at radius 1 is 1.22 bits per heavy atom. The first-order chi connectivity index (χ1) is 8.83. The monoisotopic (exact) mass is 245 g/mol. The van der Waals surface area contributed by atoms with Crippen molar-refractivity contribution in [3.63, 3.8) is 0 Å². The summed E-state index contributed by atoms with van der Waals surface area (Å²) in [7, 11) is 0. The molecule has 0 radical (unpaired) electrons. The van der Waals surface area contributed by atoms with Gasteiger partial charge in [-0.1, -0.05) is 12.1 Å². The molecule has 1 aromatic carbocycles. The van der Waals surface area contributed by atoms with Crippen LogP contribution < -0.4 is 9.47 Å². The topological polar surface area (TPSA) is 51.6 Å². The summed E-state index contributed by atoms with van der Waals surface area (Å²) in [5, 5.41) is 9.07. The first kappa shape index (κ1) is 12.4. The number of ether oxygens (including phenoxy) is 2. The number of aliphatic hydroxyl groups excluding tert-OH is 1. The maximum Gasteiger partial charge on any atom is 0.262 e. The SMILES string of the molecule is CCOc1cccnc1Oc1cccc(CO)c1. The lowest BCUT2D eigenvalue weighted by atomic mass is 10.2. The van der Waals surface area contributed by atoms with E-state index in [0.717, 1.165) is 5.56 Å². The average molecular weight is 245 g/mol. The van der Waals surface area contributed by atoms with Crippen LogP contribution in [-0.4, -0.2) is 16.7 Å². The Morgan fingerprint density at radius 2 is 2.11 bits per heavy atom. The molecule has 1 aromatic heterocycles. The molecule has 4 nitrogen and oxygen atoms in total. The van der Waals surface area contributed by atoms with E-state index < -0.39 is 0 Å². The first-order valence-electron chi connectivity index (χ1n) is 5.79. The maximum absolute atomic E-state index is 9.07. The second-order valence-electron chi connectivity index (χ2n) is 3.65. The molecule has 0 saturated carbocycles. The Morgan fingerprint density at radius 3 is 2.89 bits per heavy atom. The third kappa shape index (κ3) is 2.99. The predicted octanol–water partition coefficient (Wildman–Crippen LogP) is 2.76. The molecular weight excluding hydrogens is 230 g/mol. The lowest BCUT2D eigenvalue weighted by Gasteiger charge is -2.10. The number of benzene rings is 1. The molecule has 94 valence electrons. The Hall–Kier alpha value is -2.07. The van der Waals surface area contributed by atoms with E-state index >= 15 is 0 Å². The number of aromatic nitrogens is 1. The zero-order valence-electron chi connectivity index (χ0n) is 10.2. The molecule has 0 amide bonds. The van der Waals surface area contributed by atoms with Gasteiger partial charge in [-0.2, -0.15) is 0 Å². The van der Waals surface area contributed by atoms with Crippen molar-refractivity contribution in [1.29, 1.82) is 0 Å². The number of rotatable bonds is 5. The molecule has 0 aliphatic carbocycles. The molecule has 0 saturated heterocycles. The van der Waals surface area contributed by atoms with Crippen LogP contribution in [0.5, 0.6) is 17.4 Å². The third-order valence-corrected chi connectivity index (χ3v) is 2.33. The van der Waals surface area contributed by atoms with Crippen LogP contribution in [-0.2, 0) is 6.61 Å². The zero-order chi connectivity index (χ0) is 12.8. The Balaban J connectivity index is 2.22. The largest absolute Gasteiger partial charge is 0.488 e. The summed E-state index contributed by atoms with van der Waals surface area (Å²) >= 11 is 0. The van der Waals surface area contributed by atoms with E-state index in [1.54, 1.807) is 18.3 Å². The van der Waals surface area contributed by atoms with E-state index in [9.17, 15) is 0 Å². The van der Waals surface area contributed by atoms with Crippen molar-refractivity contribution in [2.24, 2.45) is 0 Å². The normalized spacial score (nSPS) is 10.1. The zero-order valence-corrected chi connectivity index (χ0v) is 10.2. The highest BCUT2D eigenvalue weighted by atomic mass is 16.5. The highest BCUT2D eigenvalue weighted by Gasteiger charge is 2.06. The quantitative estimate of drug-likeness (QED) is 0.880. The molecule has 1 N–H and O–H groups in total. The molecule has 2 aromatic rings. The maximum atomic E-state index is 9.07. The molecule has 0 unspecified atom stereocenters. The van der Waals surface area contributed by atoms with E-state index in [1.807, 2.05) is 31.2 Å². The van der Waals surface area contributed by atoms with Crippen molar-refractivity contribution in [3.05, 3.63) is 48.2 Å². The lowest BCUT2D eigenvalue weighted by molar-refractivity contribution is 0.281. The summed E-state index contributed by atoms with van der Waals surface area (Å²) in [6, 6.07) is 10.8. The van der Waals surface area contributed by atoms with E-state index in [0.29, 0.717) is 24.0 Å². The van der Waals surface area contributed by atoms with E-state index in [2.05, 4.69) is 4.98 Å². The number of aliphatic hydroxyl groups is 1. The van der Waals surface area contributed by atoms with Crippen molar-refractivity contribution in [2.45, 2.75) is 13.5 Å².